The third-order valence-electron chi connectivity index (χ3n) is 3.18. The van der Waals surface area contributed by atoms with Crippen molar-refractivity contribution in [3.05, 3.63) is 66.2 Å². The molecule has 0 aromatic heterocycles. The molecule has 1 N–H and O–H groups in total. The summed E-state index contributed by atoms with van der Waals surface area (Å²) in [4.78, 5) is 11.6. The SMILES string of the molecule is C=CC(=O)Nc1c(N=Nc2ccccc2)ccc(C)c1C. The van der Waals surface area contributed by atoms with Crippen LogP contribution in [0.5, 0.6) is 0 Å². The lowest BCUT2D eigenvalue weighted by Crippen LogP contribution is -2.09. The van der Waals surface area contributed by atoms with Crippen molar-refractivity contribution in [2.24, 2.45) is 10.2 Å². The van der Waals surface area contributed by atoms with E-state index in [0.29, 0.717) is 11.4 Å². The molecule has 0 heterocycles. The Hall–Kier alpha value is -2.75. The smallest absolute Gasteiger partial charge is 0.247 e. The molecule has 21 heavy (non-hydrogen) atoms. The monoisotopic (exact) mass is 279 g/mol. The average molecular weight is 279 g/mol. The molecule has 1 amide bonds. The lowest BCUT2D eigenvalue weighted by Gasteiger charge is -2.11. The van der Waals surface area contributed by atoms with E-state index in [-0.39, 0.29) is 5.91 Å². The van der Waals surface area contributed by atoms with Crippen molar-refractivity contribution in [2.75, 3.05) is 5.32 Å². The molecule has 0 fully saturated rings. The molecule has 0 bridgehead atoms. The second-order valence-corrected chi connectivity index (χ2v) is 4.63. The Balaban J connectivity index is 2.39. The van der Waals surface area contributed by atoms with E-state index in [1.807, 2.05) is 56.3 Å². The second kappa shape index (κ2) is 6.61. The molecule has 2 aromatic carbocycles. The third-order valence-corrected chi connectivity index (χ3v) is 3.18. The summed E-state index contributed by atoms with van der Waals surface area (Å²) < 4.78 is 0. The lowest BCUT2D eigenvalue weighted by molar-refractivity contribution is -0.111. The van der Waals surface area contributed by atoms with E-state index in [1.165, 1.54) is 6.08 Å². The molecular weight excluding hydrogens is 262 g/mol. The number of hydrogen-bond donors (Lipinski definition) is 1. The van der Waals surface area contributed by atoms with Gasteiger partial charge in [0.05, 0.1) is 11.4 Å². The van der Waals surface area contributed by atoms with Gasteiger partial charge in [0, 0.05) is 0 Å². The molecule has 0 spiro atoms. The number of aryl methyl sites for hydroxylation is 1. The highest BCUT2D eigenvalue weighted by Gasteiger charge is 2.09. The van der Waals surface area contributed by atoms with Gasteiger partial charge in [-0.25, -0.2) is 0 Å². The van der Waals surface area contributed by atoms with E-state index in [4.69, 9.17) is 0 Å². The fraction of sp³-hybridized carbons (Fsp3) is 0.118. The largest absolute Gasteiger partial charge is 0.320 e. The number of rotatable bonds is 4. The number of amides is 1. The number of hydrogen-bond acceptors (Lipinski definition) is 3. The van der Waals surface area contributed by atoms with Gasteiger partial charge >= 0.3 is 0 Å². The number of carbonyl (C=O) groups excluding carboxylic acids is 1. The van der Waals surface area contributed by atoms with Gasteiger partial charge in [-0.15, -0.1) is 5.11 Å². The van der Waals surface area contributed by atoms with Crippen LogP contribution in [-0.4, -0.2) is 5.91 Å². The Morgan fingerprint density at radius 1 is 1.10 bits per heavy atom. The van der Waals surface area contributed by atoms with Gasteiger partial charge in [0.2, 0.25) is 5.91 Å². The summed E-state index contributed by atoms with van der Waals surface area (Å²) in [6.07, 6.45) is 1.24. The van der Waals surface area contributed by atoms with Crippen LogP contribution >= 0.6 is 0 Å². The van der Waals surface area contributed by atoms with Gasteiger partial charge in [0.1, 0.15) is 5.69 Å². The highest BCUT2D eigenvalue weighted by Crippen LogP contribution is 2.32. The van der Waals surface area contributed by atoms with Crippen molar-refractivity contribution in [3.8, 4) is 0 Å². The molecule has 4 heteroatoms. The molecule has 0 unspecified atom stereocenters. The first-order chi connectivity index (χ1) is 10.1. The Bertz CT molecular complexity index is 691. The van der Waals surface area contributed by atoms with Crippen LogP contribution in [0.15, 0.2) is 65.3 Å². The predicted octanol–water partition coefficient (Wildman–Crippen LogP) is 4.84. The first-order valence-electron chi connectivity index (χ1n) is 6.62. The summed E-state index contributed by atoms with van der Waals surface area (Å²) in [5.41, 5.74) is 4.09. The van der Waals surface area contributed by atoms with Gasteiger partial charge in [-0.1, -0.05) is 30.8 Å². The Morgan fingerprint density at radius 3 is 2.48 bits per heavy atom. The van der Waals surface area contributed by atoms with Crippen LogP contribution in [0.4, 0.5) is 17.1 Å². The summed E-state index contributed by atoms with van der Waals surface area (Å²) in [7, 11) is 0. The summed E-state index contributed by atoms with van der Waals surface area (Å²) in [5.74, 6) is -0.264. The minimum atomic E-state index is -0.264. The fourth-order valence-corrected chi connectivity index (χ4v) is 1.82. The quantitative estimate of drug-likeness (QED) is 0.631. The van der Waals surface area contributed by atoms with Crippen molar-refractivity contribution in [1.82, 2.24) is 0 Å². The fourth-order valence-electron chi connectivity index (χ4n) is 1.82. The van der Waals surface area contributed by atoms with Crippen LogP contribution < -0.4 is 5.32 Å². The highest BCUT2D eigenvalue weighted by atomic mass is 16.1. The maximum Gasteiger partial charge on any atom is 0.247 e. The van der Waals surface area contributed by atoms with E-state index in [0.717, 1.165) is 16.8 Å². The van der Waals surface area contributed by atoms with Gasteiger partial charge < -0.3 is 5.32 Å². The Morgan fingerprint density at radius 2 is 1.81 bits per heavy atom. The van der Waals surface area contributed by atoms with Crippen molar-refractivity contribution < 1.29 is 4.79 Å². The Labute approximate surface area is 124 Å². The van der Waals surface area contributed by atoms with Crippen molar-refractivity contribution in [1.29, 1.82) is 0 Å². The zero-order chi connectivity index (χ0) is 15.2. The molecule has 0 aliphatic carbocycles. The Kier molecular flexibility index (Phi) is 4.61. The first-order valence-corrected chi connectivity index (χ1v) is 6.62. The van der Waals surface area contributed by atoms with Gasteiger partial charge in [0.25, 0.3) is 0 Å². The highest BCUT2D eigenvalue weighted by molar-refractivity contribution is 6.01. The van der Waals surface area contributed by atoms with Crippen molar-refractivity contribution in [3.63, 3.8) is 0 Å². The predicted molar refractivity (Wildman–Crippen MR) is 85.4 cm³/mol. The summed E-state index contributed by atoms with van der Waals surface area (Å²) in [6, 6.07) is 13.2. The van der Waals surface area contributed by atoms with E-state index >= 15 is 0 Å². The van der Waals surface area contributed by atoms with E-state index in [1.54, 1.807) is 0 Å². The molecule has 2 aromatic rings. The second-order valence-electron chi connectivity index (χ2n) is 4.63. The number of benzene rings is 2. The summed E-state index contributed by atoms with van der Waals surface area (Å²) >= 11 is 0. The minimum Gasteiger partial charge on any atom is -0.320 e. The van der Waals surface area contributed by atoms with Crippen LogP contribution in [0.3, 0.4) is 0 Å². The summed E-state index contributed by atoms with van der Waals surface area (Å²) in [6.45, 7) is 7.39. The molecule has 4 nitrogen and oxygen atoms in total. The number of azo groups is 1. The lowest BCUT2D eigenvalue weighted by atomic mass is 10.1. The van der Waals surface area contributed by atoms with E-state index < -0.39 is 0 Å². The topological polar surface area (TPSA) is 53.8 Å². The van der Waals surface area contributed by atoms with Crippen molar-refractivity contribution in [2.45, 2.75) is 13.8 Å². The number of nitrogens with one attached hydrogen (secondary N) is 1. The zero-order valence-electron chi connectivity index (χ0n) is 12.1. The molecule has 0 saturated carbocycles. The molecule has 0 radical (unpaired) electrons. The van der Waals surface area contributed by atoms with Crippen LogP contribution in [0, 0.1) is 13.8 Å². The standard InChI is InChI=1S/C17H17N3O/c1-4-16(21)18-17-13(3)12(2)10-11-15(17)20-19-14-8-6-5-7-9-14/h4-11H,1H2,2-3H3,(H,18,21). The van der Waals surface area contributed by atoms with Crippen molar-refractivity contribution >= 4 is 23.0 Å². The molecule has 0 aliphatic heterocycles. The average Bonchev–Trinajstić information content (AvgIpc) is 2.52. The zero-order valence-corrected chi connectivity index (χ0v) is 12.1. The normalized spacial score (nSPS) is 10.6. The number of nitrogens with zero attached hydrogens (tertiary/aromatic N) is 2. The molecule has 2 rings (SSSR count). The molecule has 106 valence electrons. The van der Waals surface area contributed by atoms with E-state index in [9.17, 15) is 4.79 Å². The van der Waals surface area contributed by atoms with Gasteiger partial charge in [-0.05, 0) is 49.2 Å². The van der Waals surface area contributed by atoms with E-state index in [2.05, 4.69) is 22.1 Å². The van der Waals surface area contributed by atoms with Gasteiger partial charge in [-0.3, -0.25) is 4.79 Å². The number of carbonyl (C=O) groups is 1. The van der Waals surface area contributed by atoms with Crippen LogP contribution in [0.25, 0.3) is 0 Å². The minimum absolute atomic E-state index is 0.264. The molecular formula is C17H17N3O. The molecule has 0 aliphatic rings. The molecule has 0 atom stereocenters. The third kappa shape index (κ3) is 3.63. The maximum absolute atomic E-state index is 11.6. The summed E-state index contributed by atoms with van der Waals surface area (Å²) in [5, 5.41) is 11.2. The first kappa shape index (κ1) is 14.7. The van der Waals surface area contributed by atoms with Crippen LogP contribution in [0.1, 0.15) is 11.1 Å². The maximum atomic E-state index is 11.6. The number of anilines is 1. The van der Waals surface area contributed by atoms with Crippen LogP contribution in [0.2, 0.25) is 0 Å². The van der Waals surface area contributed by atoms with Gasteiger partial charge in [0.15, 0.2) is 0 Å². The molecule has 0 saturated heterocycles. The van der Waals surface area contributed by atoms with Crippen LogP contribution in [-0.2, 0) is 4.79 Å². The van der Waals surface area contributed by atoms with Gasteiger partial charge in [-0.2, -0.15) is 5.11 Å².